The van der Waals surface area contributed by atoms with Gasteiger partial charge in [-0.2, -0.15) is 7.05 Å². The molecule has 0 N–H and O–H groups in total. The van der Waals surface area contributed by atoms with Crippen LogP contribution in [0.1, 0.15) is 19.4 Å². The van der Waals surface area contributed by atoms with Crippen LogP contribution in [0.5, 0.6) is 0 Å². The molecule has 0 spiro atoms. The molecule has 1 rings (SSSR count). The minimum Gasteiger partial charge on any atom is -0.664 e. The predicted molar refractivity (Wildman–Crippen MR) is 74.7 cm³/mol. The molecule has 0 unspecified atom stereocenters. The molecule has 0 amide bonds. The Morgan fingerprint density at radius 1 is 1.12 bits per heavy atom. The van der Waals surface area contributed by atoms with E-state index < -0.39 is 0 Å². The van der Waals surface area contributed by atoms with Crippen LogP contribution >= 0.6 is 0 Å². The van der Waals surface area contributed by atoms with E-state index in [9.17, 15) is 0 Å². The minimum atomic E-state index is 0. The Morgan fingerprint density at radius 3 is 2.12 bits per heavy atom. The Morgan fingerprint density at radius 2 is 1.65 bits per heavy atom. The van der Waals surface area contributed by atoms with Gasteiger partial charge in [0.1, 0.15) is 0 Å². The number of likely N-dealkylation sites (N-methyl/N-ethyl adjacent to an activating group) is 2. The Hall–Kier alpha value is 0.244. The van der Waals surface area contributed by atoms with Crippen molar-refractivity contribution in [3.05, 3.63) is 48.6 Å². The largest absolute Gasteiger partial charge is 0.664 e. The smallest absolute Gasteiger partial charge is 0.0229 e. The van der Waals surface area contributed by atoms with Gasteiger partial charge in [0.05, 0.1) is 0 Å². The molecule has 0 heterocycles. The summed E-state index contributed by atoms with van der Waals surface area (Å²) >= 11 is 0. The van der Waals surface area contributed by atoms with Crippen molar-refractivity contribution in [3.63, 3.8) is 0 Å². The molecule has 1 aromatic rings. The third-order valence-electron chi connectivity index (χ3n) is 2.00. The first-order chi connectivity index (χ1) is 7.33. The van der Waals surface area contributed by atoms with Crippen LogP contribution < -0.4 is 0 Å². The maximum absolute atomic E-state index is 4.08. The van der Waals surface area contributed by atoms with Gasteiger partial charge in [0, 0.05) is 39.3 Å². The molecule has 2 nitrogen and oxygen atoms in total. The summed E-state index contributed by atoms with van der Waals surface area (Å²) in [4.78, 5) is 2.28. The van der Waals surface area contributed by atoms with Crippen molar-refractivity contribution in [2.45, 2.75) is 20.4 Å². The van der Waals surface area contributed by atoms with Crippen LogP contribution in [-0.2, 0) is 39.3 Å². The van der Waals surface area contributed by atoms with Crippen molar-refractivity contribution in [1.29, 1.82) is 0 Å². The first-order valence-electron chi connectivity index (χ1n) is 5.61. The molecule has 17 heavy (non-hydrogen) atoms. The van der Waals surface area contributed by atoms with Crippen LogP contribution in [-0.4, -0.2) is 32.1 Å². The van der Waals surface area contributed by atoms with E-state index in [0.717, 1.165) is 19.6 Å². The zero-order chi connectivity index (χ0) is 11.5. The summed E-state index contributed by atoms with van der Waals surface area (Å²) in [7, 11) is 3.98. The second-order valence-corrected chi connectivity index (χ2v) is 3.26. The molecule has 0 aliphatic rings. The van der Waals surface area contributed by atoms with Crippen LogP contribution in [0, 0.1) is 7.43 Å². The summed E-state index contributed by atoms with van der Waals surface area (Å²) in [6.45, 7) is 6.96. The SMILES string of the molecule is CC.C[N-]CCN(C)Cc1ccccc1.[CH3-].[Y]. The van der Waals surface area contributed by atoms with Crippen molar-refractivity contribution in [1.82, 2.24) is 4.90 Å². The zero-order valence-corrected chi connectivity index (χ0v) is 14.8. The van der Waals surface area contributed by atoms with Crippen molar-refractivity contribution in [2.75, 3.05) is 27.2 Å². The van der Waals surface area contributed by atoms with Gasteiger partial charge >= 0.3 is 0 Å². The van der Waals surface area contributed by atoms with E-state index in [0.29, 0.717) is 0 Å². The van der Waals surface area contributed by atoms with E-state index >= 15 is 0 Å². The van der Waals surface area contributed by atoms with Gasteiger partial charge in [-0.05, 0) is 19.2 Å². The number of hydrogen-bond donors (Lipinski definition) is 0. The second kappa shape index (κ2) is 16.2. The standard InChI is InChI=1S/C11H17N2.C2H6.CH3.Y/c1-12-8-9-13(2)10-11-6-4-3-5-7-11;1-2;;/h3-7H,8-10H2,1-2H3;1-2H3;1H3;/q-1;;-1;. The van der Waals surface area contributed by atoms with Crippen LogP contribution in [0.15, 0.2) is 30.3 Å². The molecule has 0 aromatic heterocycles. The van der Waals surface area contributed by atoms with Gasteiger partial charge in [0.25, 0.3) is 0 Å². The van der Waals surface area contributed by atoms with E-state index in [2.05, 4.69) is 41.5 Å². The van der Waals surface area contributed by atoms with Crippen LogP contribution in [0.2, 0.25) is 0 Å². The van der Waals surface area contributed by atoms with Gasteiger partial charge in [0.15, 0.2) is 0 Å². The number of nitrogens with zero attached hydrogens (tertiary/aromatic N) is 2. The normalized spacial score (nSPS) is 8.53. The summed E-state index contributed by atoms with van der Waals surface area (Å²) in [5.74, 6) is 0. The summed E-state index contributed by atoms with van der Waals surface area (Å²) in [6.07, 6.45) is 0. The second-order valence-electron chi connectivity index (χ2n) is 3.26. The van der Waals surface area contributed by atoms with Crippen LogP contribution in [0.3, 0.4) is 0 Å². The first kappa shape index (κ1) is 22.4. The van der Waals surface area contributed by atoms with E-state index in [4.69, 9.17) is 0 Å². The molecule has 1 radical (unpaired) electrons. The molecule has 0 atom stereocenters. The summed E-state index contributed by atoms with van der Waals surface area (Å²) in [5, 5.41) is 4.08. The first-order valence-corrected chi connectivity index (χ1v) is 5.61. The topological polar surface area (TPSA) is 17.3 Å². The molecule has 0 aliphatic heterocycles. The summed E-state index contributed by atoms with van der Waals surface area (Å²) in [6, 6.07) is 10.5. The van der Waals surface area contributed by atoms with E-state index in [1.54, 1.807) is 0 Å². The number of benzene rings is 1. The number of hydrogen-bond acceptors (Lipinski definition) is 1. The van der Waals surface area contributed by atoms with E-state index in [1.165, 1.54) is 5.56 Å². The molecule has 97 valence electrons. The molecule has 0 fully saturated rings. The Kier molecular flexibility index (Phi) is 21.4. The number of rotatable bonds is 5. The van der Waals surface area contributed by atoms with Gasteiger partial charge in [-0.1, -0.05) is 44.2 Å². The fourth-order valence-corrected chi connectivity index (χ4v) is 1.24. The van der Waals surface area contributed by atoms with Gasteiger partial charge in [0.2, 0.25) is 0 Å². The molecule has 0 aliphatic carbocycles. The summed E-state index contributed by atoms with van der Waals surface area (Å²) < 4.78 is 0. The fraction of sp³-hybridized carbons (Fsp3) is 0.500. The van der Waals surface area contributed by atoms with Gasteiger partial charge in [-0.15, -0.1) is 6.54 Å². The molecule has 1 aromatic carbocycles. The van der Waals surface area contributed by atoms with Crippen LogP contribution in [0.4, 0.5) is 0 Å². The quantitative estimate of drug-likeness (QED) is 0.760. The van der Waals surface area contributed by atoms with E-state index in [1.807, 2.05) is 27.0 Å². The van der Waals surface area contributed by atoms with Crippen molar-refractivity contribution >= 4 is 0 Å². The Bertz CT molecular complexity index is 227. The monoisotopic (exact) mass is 311 g/mol. The molecule has 0 bridgehead atoms. The van der Waals surface area contributed by atoms with Gasteiger partial charge in [-0.25, -0.2) is 0 Å². The average Bonchev–Trinajstić information content (AvgIpc) is 2.30. The van der Waals surface area contributed by atoms with Crippen molar-refractivity contribution in [2.24, 2.45) is 0 Å². The maximum atomic E-state index is 4.08. The Balaban J connectivity index is -0.000000464. The van der Waals surface area contributed by atoms with Gasteiger partial charge in [-0.3, -0.25) is 0 Å². The van der Waals surface area contributed by atoms with Crippen molar-refractivity contribution in [3.8, 4) is 0 Å². The molecular formula is C14H26N2Y-2. The molecule has 0 saturated carbocycles. The predicted octanol–water partition coefficient (Wildman–Crippen LogP) is 3.60. The molecular weight excluding hydrogens is 285 g/mol. The third kappa shape index (κ3) is 12.5. The summed E-state index contributed by atoms with van der Waals surface area (Å²) in [5.41, 5.74) is 1.36. The minimum absolute atomic E-state index is 0. The molecule has 3 heteroatoms. The molecule has 0 saturated heterocycles. The third-order valence-corrected chi connectivity index (χ3v) is 2.00. The van der Waals surface area contributed by atoms with E-state index in [-0.39, 0.29) is 40.1 Å². The van der Waals surface area contributed by atoms with Crippen molar-refractivity contribution < 1.29 is 32.7 Å². The fourth-order valence-electron chi connectivity index (χ4n) is 1.24. The average molecular weight is 311 g/mol. The van der Waals surface area contributed by atoms with Crippen LogP contribution in [0.25, 0.3) is 5.32 Å². The Labute approximate surface area is 133 Å². The zero-order valence-electron chi connectivity index (χ0n) is 12.0. The van der Waals surface area contributed by atoms with Gasteiger partial charge < -0.3 is 17.6 Å². The maximum Gasteiger partial charge on any atom is 0.0229 e.